The maximum Gasteiger partial charge on any atom is 0.255 e. The number of nitrogens with one attached hydrogen (secondary N) is 1. The molecule has 0 atom stereocenters. The highest BCUT2D eigenvalue weighted by molar-refractivity contribution is 6.31. The molecule has 124 valence electrons. The van der Waals surface area contributed by atoms with Crippen LogP contribution in [0.25, 0.3) is 11.0 Å². The average molecular weight is 345 g/mol. The number of rotatable bonds is 4. The van der Waals surface area contributed by atoms with Gasteiger partial charge in [0.15, 0.2) is 0 Å². The van der Waals surface area contributed by atoms with Crippen molar-refractivity contribution in [2.75, 3.05) is 12.4 Å². The highest BCUT2D eigenvalue weighted by Gasteiger charge is 2.13. The lowest BCUT2D eigenvalue weighted by atomic mass is 10.1. The SMILES string of the molecule is CCn1nnc2cc(C(=O)Nc3cc(C)c(Cl)cc3OC)ccc21. The van der Waals surface area contributed by atoms with E-state index in [0.717, 1.165) is 17.6 Å². The van der Waals surface area contributed by atoms with Crippen LogP contribution < -0.4 is 10.1 Å². The van der Waals surface area contributed by atoms with Crippen molar-refractivity contribution in [3.8, 4) is 5.75 Å². The van der Waals surface area contributed by atoms with E-state index in [0.29, 0.717) is 27.5 Å². The van der Waals surface area contributed by atoms with Gasteiger partial charge in [0.2, 0.25) is 0 Å². The highest BCUT2D eigenvalue weighted by atomic mass is 35.5. The quantitative estimate of drug-likeness (QED) is 0.784. The molecular formula is C17H17ClN4O2. The van der Waals surface area contributed by atoms with E-state index in [4.69, 9.17) is 16.3 Å². The summed E-state index contributed by atoms with van der Waals surface area (Å²) in [5, 5.41) is 11.6. The summed E-state index contributed by atoms with van der Waals surface area (Å²) in [4.78, 5) is 12.5. The molecule has 0 saturated heterocycles. The maximum absolute atomic E-state index is 12.5. The monoisotopic (exact) mass is 344 g/mol. The van der Waals surface area contributed by atoms with Gasteiger partial charge in [-0.25, -0.2) is 4.68 Å². The average Bonchev–Trinajstić information content (AvgIpc) is 3.00. The van der Waals surface area contributed by atoms with E-state index >= 15 is 0 Å². The molecule has 0 fully saturated rings. The van der Waals surface area contributed by atoms with E-state index in [1.54, 1.807) is 28.9 Å². The van der Waals surface area contributed by atoms with Crippen molar-refractivity contribution in [2.24, 2.45) is 0 Å². The van der Waals surface area contributed by atoms with Crippen LogP contribution in [0.1, 0.15) is 22.8 Å². The van der Waals surface area contributed by atoms with E-state index in [9.17, 15) is 4.79 Å². The number of carbonyl (C=O) groups excluding carboxylic acids is 1. The molecule has 1 aromatic heterocycles. The van der Waals surface area contributed by atoms with Gasteiger partial charge in [-0.3, -0.25) is 4.79 Å². The van der Waals surface area contributed by atoms with Gasteiger partial charge in [0.1, 0.15) is 11.3 Å². The topological polar surface area (TPSA) is 69.0 Å². The summed E-state index contributed by atoms with van der Waals surface area (Å²) in [6, 6.07) is 8.78. The van der Waals surface area contributed by atoms with Crippen molar-refractivity contribution < 1.29 is 9.53 Å². The Labute approximate surface area is 144 Å². The minimum absolute atomic E-state index is 0.247. The molecule has 0 saturated carbocycles. The van der Waals surface area contributed by atoms with Crippen LogP contribution in [0.3, 0.4) is 0 Å². The van der Waals surface area contributed by atoms with Gasteiger partial charge >= 0.3 is 0 Å². The molecule has 3 rings (SSSR count). The second kappa shape index (κ2) is 6.49. The molecule has 1 heterocycles. The smallest absolute Gasteiger partial charge is 0.255 e. The molecule has 2 aromatic carbocycles. The van der Waals surface area contributed by atoms with Crippen LogP contribution in [-0.2, 0) is 6.54 Å². The number of benzene rings is 2. The summed E-state index contributed by atoms with van der Waals surface area (Å²) in [6.07, 6.45) is 0. The van der Waals surface area contributed by atoms with Crippen molar-refractivity contribution in [3.63, 3.8) is 0 Å². The minimum atomic E-state index is -0.247. The molecule has 7 heteroatoms. The first-order valence-corrected chi connectivity index (χ1v) is 7.90. The fourth-order valence-corrected chi connectivity index (χ4v) is 2.62. The van der Waals surface area contributed by atoms with Gasteiger partial charge in [-0.15, -0.1) is 5.10 Å². The second-order valence-corrected chi connectivity index (χ2v) is 5.77. The van der Waals surface area contributed by atoms with Crippen LogP contribution in [0, 0.1) is 6.92 Å². The van der Waals surface area contributed by atoms with E-state index in [1.165, 1.54) is 7.11 Å². The highest BCUT2D eigenvalue weighted by Crippen LogP contribution is 2.31. The summed E-state index contributed by atoms with van der Waals surface area (Å²) in [6.45, 7) is 4.58. The molecule has 0 aliphatic carbocycles. The van der Waals surface area contributed by atoms with Gasteiger partial charge in [0.05, 0.1) is 18.3 Å². The van der Waals surface area contributed by atoms with E-state index < -0.39 is 0 Å². The Morgan fingerprint density at radius 3 is 2.83 bits per heavy atom. The molecule has 24 heavy (non-hydrogen) atoms. The second-order valence-electron chi connectivity index (χ2n) is 5.36. The third-order valence-corrected chi connectivity index (χ3v) is 4.21. The van der Waals surface area contributed by atoms with E-state index in [-0.39, 0.29) is 5.91 Å². The van der Waals surface area contributed by atoms with Gasteiger partial charge in [-0.05, 0) is 43.7 Å². The maximum atomic E-state index is 12.5. The Hall–Kier alpha value is -2.60. The number of anilines is 1. The Balaban J connectivity index is 1.91. The number of fused-ring (bicyclic) bond motifs is 1. The van der Waals surface area contributed by atoms with Gasteiger partial charge in [-0.1, -0.05) is 16.8 Å². The molecule has 0 bridgehead atoms. The zero-order valence-electron chi connectivity index (χ0n) is 13.6. The predicted molar refractivity (Wildman–Crippen MR) is 93.9 cm³/mol. The summed E-state index contributed by atoms with van der Waals surface area (Å²) < 4.78 is 7.06. The largest absolute Gasteiger partial charge is 0.495 e. The minimum Gasteiger partial charge on any atom is -0.495 e. The van der Waals surface area contributed by atoms with Gasteiger partial charge < -0.3 is 10.1 Å². The summed E-state index contributed by atoms with van der Waals surface area (Å²) in [5.74, 6) is 0.264. The molecule has 0 spiro atoms. The Morgan fingerprint density at radius 1 is 1.33 bits per heavy atom. The molecule has 3 aromatic rings. The number of halogens is 1. The zero-order valence-corrected chi connectivity index (χ0v) is 14.4. The number of methoxy groups -OCH3 is 1. The molecular weight excluding hydrogens is 328 g/mol. The first kappa shape index (κ1) is 16.3. The first-order valence-electron chi connectivity index (χ1n) is 7.52. The number of hydrogen-bond donors (Lipinski definition) is 1. The number of nitrogens with zero attached hydrogens (tertiary/aromatic N) is 3. The number of carbonyl (C=O) groups is 1. The van der Waals surface area contributed by atoms with E-state index in [2.05, 4.69) is 15.6 Å². The van der Waals surface area contributed by atoms with Crippen LogP contribution in [0.2, 0.25) is 5.02 Å². The number of aromatic nitrogens is 3. The Bertz CT molecular complexity index is 920. The van der Waals surface area contributed by atoms with Crippen molar-refractivity contribution in [2.45, 2.75) is 20.4 Å². The van der Waals surface area contributed by atoms with Crippen LogP contribution in [0.4, 0.5) is 5.69 Å². The van der Waals surface area contributed by atoms with Crippen molar-refractivity contribution in [1.82, 2.24) is 15.0 Å². The van der Waals surface area contributed by atoms with Crippen molar-refractivity contribution in [1.29, 1.82) is 0 Å². The lowest BCUT2D eigenvalue weighted by Gasteiger charge is -2.12. The van der Waals surface area contributed by atoms with Crippen LogP contribution >= 0.6 is 11.6 Å². The van der Waals surface area contributed by atoms with Crippen molar-refractivity contribution in [3.05, 3.63) is 46.5 Å². The van der Waals surface area contributed by atoms with Crippen LogP contribution in [0.5, 0.6) is 5.75 Å². The standard InChI is InChI=1S/C17H17ClN4O2/c1-4-22-15-6-5-11(8-13(15)20-21-22)17(23)19-14-7-10(2)12(18)9-16(14)24-3/h5-9H,4H2,1-3H3,(H,19,23). The van der Waals surface area contributed by atoms with Crippen LogP contribution in [-0.4, -0.2) is 28.0 Å². The molecule has 0 unspecified atom stereocenters. The van der Waals surface area contributed by atoms with Crippen LogP contribution in [0.15, 0.2) is 30.3 Å². The summed E-state index contributed by atoms with van der Waals surface area (Å²) in [7, 11) is 1.53. The molecule has 1 N–H and O–H groups in total. The Kier molecular flexibility index (Phi) is 4.40. The number of hydrogen-bond acceptors (Lipinski definition) is 4. The lowest BCUT2D eigenvalue weighted by molar-refractivity contribution is 0.102. The number of aryl methyl sites for hydroxylation is 2. The predicted octanol–water partition coefficient (Wildman–Crippen LogP) is 3.67. The van der Waals surface area contributed by atoms with Gasteiger partial charge in [0, 0.05) is 23.2 Å². The van der Waals surface area contributed by atoms with Crippen molar-refractivity contribution >= 4 is 34.2 Å². The number of ether oxygens (including phenoxy) is 1. The lowest BCUT2D eigenvalue weighted by Crippen LogP contribution is -2.13. The molecule has 0 aliphatic heterocycles. The third kappa shape index (κ3) is 2.92. The number of amides is 1. The van der Waals surface area contributed by atoms with E-state index in [1.807, 2.05) is 19.9 Å². The molecule has 6 nitrogen and oxygen atoms in total. The molecule has 0 aliphatic rings. The zero-order chi connectivity index (χ0) is 17.3. The van der Waals surface area contributed by atoms with Gasteiger partial charge in [0.25, 0.3) is 5.91 Å². The molecule has 0 radical (unpaired) electrons. The fourth-order valence-electron chi connectivity index (χ4n) is 2.47. The third-order valence-electron chi connectivity index (χ3n) is 3.80. The fraction of sp³-hybridized carbons (Fsp3) is 0.235. The molecule has 1 amide bonds. The summed E-state index contributed by atoms with van der Waals surface area (Å²) in [5.41, 5.74) is 3.51. The Morgan fingerprint density at radius 2 is 2.12 bits per heavy atom. The normalized spacial score (nSPS) is 10.8. The first-order chi connectivity index (χ1) is 11.5. The van der Waals surface area contributed by atoms with Gasteiger partial charge in [-0.2, -0.15) is 0 Å². The summed E-state index contributed by atoms with van der Waals surface area (Å²) >= 11 is 6.09.